The van der Waals surface area contributed by atoms with Crippen LogP contribution < -0.4 is 0 Å². The quantitative estimate of drug-likeness (QED) is 0.252. The molecule has 0 aromatic heterocycles. The van der Waals surface area contributed by atoms with E-state index in [1.165, 1.54) is 7.11 Å². The molecule has 10 atom stereocenters. The Hall–Kier alpha value is -0.660. The smallest absolute Gasteiger partial charge is 0.187 e. The zero-order valence-corrected chi connectivity index (χ0v) is 20.2. The van der Waals surface area contributed by atoms with Gasteiger partial charge in [0.25, 0.3) is 0 Å². The van der Waals surface area contributed by atoms with E-state index in [9.17, 15) is 25.5 Å². The van der Waals surface area contributed by atoms with Gasteiger partial charge in [-0.25, -0.2) is 0 Å². The number of ether oxygens (including phenoxy) is 5. The third kappa shape index (κ3) is 6.52. The van der Waals surface area contributed by atoms with Gasteiger partial charge in [0.05, 0.1) is 25.9 Å². The Morgan fingerprint density at radius 2 is 1.58 bits per heavy atom. The van der Waals surface area contributed by atoms with Crippen molar-refractivity contribution in [1.29, 1.82) is 0 Å². The fourth-order valence-corrected chi connectivity index (χ4v) is 4.72. The van der Waals surface area contributed by atoms with Gasteiger partial charge < -0.3 is 49.2 Å². The average Bonchev–Trinajstić information content (AvgIpc) is 2.78. The first-order valence-corrected chi connectivity index (χ1v) is 11.6. The van der Waals surface area contributed by atoms with E-state index in [-0.39, 0.29) is 6.61 Å². The molecule has 5 unspecified atom stereocenters. The molecule has 0 amide bonds. The average molecular weight is 479 g/mol. The maximum absolute atomic E-state index is 11.1. The zero-order chi connectivity index (χ0) is 24.8. The van der Waals surface area contributed by atoms with Crippen LogP contribution in [0.4, 0.5) is 0 Å². The summed E-state index contributed by atoms with van der Waals surface area (Å²) in [5.41, 5.74) is -0.468. The fraction of sp³-hybridized carbons (Fsp3) is 0.913. The third-order valence-corrected chi connectivity index (χ3v) is 6.51. The van der Waals surface area contributed by atoms with Gasteiger partial charge >= 0.3 is 0 Å². The Kier molecular flexibility index (Phi) is 11.1. The molecule has 0 radical (unpaired) electrons. The van der Waals surface area contributed by atoms with Crippen molar-refractivity contribution in [3.05, 3.63) is 12.2 Å². The molecule has 0 aliphatic carbocycles. The van der Waals surface area contributed by atoms with Gasteiger partial charge in [0.2, 0.25) is 0 Å². The van der Waals surface area contributed by atoms with Crippen molar-refractivity contribution in [2.75, 3.05) is 26.9 Å². The molecular formula is C23H42O10. The van der Waals surface area contributed by atoms with Crippen LogP contribution >= 0.6 is 0 Å². The molecule has 2 aliphatic heterocycles. The molecule has 2 fully saturated rings. The van der Waals surface area contributed by atoms with Crippen molar-refractivity contribution in [2.45, 2.75) is 102 Å². The normalized spacial score (nSPS) is 40.4. The van der Waals surface area contributed by atoms with Crippen molar-refractivity contribution >= 4 is 0 Å². The number of hydrogen-bond acceptors (Lipinski definition) is 10. The maximum atomic E-state index is 11.1. The van der Waals surface area contributed by atoms with Gasteiger partial charge in [0.1, 0.15) is 48.8 Å². The predicted octanol–water partition coefficient (Wildman–Crippen LogP) is -0.266. The molecule has 2 rings (SSSR count). The van der Waals surface area contributed by atoms with Gasteiger partial charge in [0.15, 0.2) is 6.29 Å². The molecule has 5 N–H and O–H groups in total. The summed E-state index contributed by atoms with van der Waals surface area (Å²) in [6.07, 6.45) is -5.55. The van der Waals surface area contributed by atoms with E-state index in [4.69, 9.17) is 23.7 Å². The van der Waals surface area contributed by atoms with Crippen LogP contribution in [0.3, 0.4) is 0 Å². The number of methoxy groups -OCH3 is 1. The number of allylic oxidation sites excluding steroid dienone is 1. The summed E-state index contributed by atoms with van der Waals surface area (Å²) in [7, 11) is 1.40. The van der Waals surface area contributed by atoms with Crippen molar-refractivity contribution in [3.63, 3.8) is 0 Å². The molecule has 0 aromatic rings. The summed E-state index contributed by atoms with van der Waals surface area (Å²) in [5, 5.41) is 52.4. The number of rotatable bonds is 11. The SMILES string of the molecule is C/C=C\COC1C(CO)O[C@H](O[C@@H]2C(O)C(CO)OC(C(C)(C)CCC)[C@H]2O)[C@@H](O)[C@@H]1OC. The van der Waals surface area contributed by atoms with Gasteiger partial charge in [-0.05, 0) is 18.8 Å². The molecule has 194 valence electrons. The summed E-state index contributed by atoms with van der Waals surface area (Å²) >= 11 is 0. The summed E-state index contributed by atoms with van der Waals surface area (Å²) in [5.74, 6) is 0. The third-order valence-electron chi connectivity index (χ3n) is 6.51. The first kappa shape index (κ1) is 28.6. The molecule has 2 aliphatic rings. The molecule has 2 heterocycles. The van der Waals surface area contributed by atoms with E-state index < -0.39 is 79.9 Å². The number of hydrogen-bond donors (Lipinski definition) is 5. The standard InChI is InChI=1S/C23H42O10/c1-6-8-10-30-18-14(12-25)32-22(17(28)20(18)29-5)33-19-15(26)13(11-24)31-21(16(19)27)23(3,4)9-7-2/h6,8,13-22,24-28H,7,9-12H2,1-5H3/b8-6-/t13?,14?,15?,16-,17-,18?,19+,20-,21?,22+/m0/s1. The Labute approximate surface area is 196 Å². The molecule has 0 bridgehead atoms. The second kappa shape index (κ2) is 12.9. The van der Waals surface area contributed by atoms with Crippen molar-refractivity contribution in [3.8, 4) is 0 Å². The van der Waals surface area contributed by atoms with Crippen LogP contribution in [-0.4, -0.2) is 114 Å². The van der Waals surface area contributed by atoms with E-state index >= 15 is 0 Å². The molecule has 0 saturated carbocycles. The molecule has 2 saturated heterocycles. The molecular weight excluding hydrogens is 436 g/mol. The van der Waals surface area contributed by atoms with E-state index in [2.05, 4.69) is 0 Å². The Balaban J connectivity index is 2.24. The van der Waals surface area contributed by atoms with Crippen LogP contribution in [0.2, 0.25) is 0 Å². The highest BCUT2D eigenvalue weighted by Gasteiger charge is 2.53. The van der Waals surface area contributed by atoms with Crippen molar-refractivity contribution in [1.82, 2.24) is 0 Å². The van der Waals surface area contributed by atoms with Gasteiger partial charge in [-0.2, -0.15) is 0 Å². The Bertz CT molecular complexity index is 600. The van der Waals surface area contributed by atoms with Crippen LogP contribution in [0.25, 0.3) is 0 Å². The van der Waals surface area contributed by atoms with Crippen LogP contribution in [0.1, 0.15) is 40.5 Å². The van der Waals surface area contributed by atoms with Crippen molar-refractivity contribution < 1.29 is 49.2 Å². The first-order chi connectivity index (χ1) is 15.7. The second-order valence-corrected chi connectivity index (χ2v) is 9.38. The van der Waals surface area contributed by atoms with Gasteiger partial charge in [-0.15, -0.1) is 0 Å². The lowest BCUT2D eigenvalue weighted by molar-refractivity contribution is -0.350. The monoisotopic (exact) mass is 478 g/mol. The van der Waals surface area contributed by atoms with E-state index in [1.54, 1.807) is 6.08 Å². The van der Waals surface area contributed by atoms with Crippen LogP contribution in [0.5, 0.6) is 0 Å². The lowest BCUT2D eigenvalue weighted by atomic mass is 9.76. The lowest BCUT2D eigenvalue weighted by Crippen LogP contribution is -2.66. The van der Waals surface area contributed by atoms with Gasteiger partial charge in [0, 0.05) is 7.11 Å². The predicted molar refractivity (Wildman–Crippen MR) is 118 cm³/mol. The molecule has 0 aromatic carbocycles. The Morgan fingerprint density at radius 1 is 0.909 bits per heavy atom. The highest BCUT2D eigenvalue weighted by atomic mass is 16.7. The molecule has 10 nitrogen and oxygen atoms in total. The molecule has 0 spiro atoms. The largest absolute Gasteiger partial charge is 0.394 e. The van der Waals surface area contributed by atoms with Crippen LogP contribution in [0, 0.1) is 5.41 Å². The minimum Gasteiger partial charge on any atom is -0.394 e. The van der Waals surface area contributed by atoms with Gasteiger partial charge in [-0.1, -0.05) is 39.3 Å². The minimum atomic E-state index is -1.37. The number of aliphatic hydroxyl groups excluding tert-OH is 5. The minimum absolute atomic E-state index is 0.239. The van der Waals surface area contributed by atoms with E-state index in [0.717, 1.165) is 12.8 Å². The van der Waals surface area contributed by atoms with Gasteiger partial charge in [-0.3, -0.25) is 0 Å². The van der Waals surface area contributed by atoms with Crippen LogP contribution in [0.15, 0.2) is 12.2 Å². The Morgan fingerprint density at radius 3 is 2.12 bits per heavy atom. The number of aliphatic hydroxyl groups is 5. The summed E-state index contributed by atoms with van der Waals surface area (Å²) in [4.78, 5) is 0. The highest BCUT2D eigenvalue weighted by molar-refractivity contribution is 5.00. The molecule has 10 heteroatoms. The fourth-order valence-electron chi connectivity index (χ4n) is 4.72. The van der Waals surface area contributed by atoms with E-state index in [0.29, 0.717) is 0 Å². The maximum Gasteiger partial charge on any atom is 0.187 e. The summed E-state index contributed by atoms with van der Waals surface area (Å²) in [6.45, 7) is 7.09. The second-order valence-electron chi connectivity index (χ2n) is 9.38. The summed E-state index contributed by atoms with van der Waals surface area (Å²) in [6, 6.07) is 0. The lowest BCUT2D eigenvalue weighted by Gasteiger charge is -2.50. The van der Waals surface area contributed by atoms with Crippen molar-refractivity contribution in [2.24, 2.45) is 5.41 Å². The molecule has 33 heavy (non-hydrogen) atoms. The highest BCUT2D eigenvalue weighted by Crippen LogP contribution is 2.39. The zero-order valence-electron chi connectivity index (χ0n) is 20.2. The van der Waals surface area contributed by atoms with Crippen LogP contribution in [-0.2, 0) is 23.7 Å². The first-order valence-electron chi connectivity index (χ1n) is 11.6. The topological polar surface area (TPSA) is 147 Å². The summed E-state index contributed by atoms with van der Waals surface area (Å²) < 4.78 is 28.7. The van der Waals surface area contributed by atoms with E-state index in [1.807, 2.05) is 33.8 Å².